The van der Waals surface area contributed by atoms with Crippen LogP contribution in [0.2, 0.25) is 5.02 Å². The molecule has 0 unspecified atom stereocenters. The number of hydrogen-bond acceptors (Lipinski definition) is 4. The molecule has 22 heavy (non-hydrogen) atoms. The predicted molar refractivity (Wildman–Crippen MR) is 86.5 cm³/mol. The number of aromatic nitrogens is 2. The highest BCUT2D eigenvalue weighted by Gasteiger charge is 2.18. The highest BCUT2D eigenvalue weighted by atomic mass is 35.5. The van der Waals surface area contributed by atoms with Gasteiger partial charge in [0.15, 0.2) is 0 Å². The van der Waals surface area contributed by atoms with Gasteiger partial charge < -0.3 is 10.6 Å². The average Bonchev–Trinajstić information content (AvgIpc) is 3.01. The highest BCUT2D eigenvalue weighted by Crippen LogP contribution is 2.19. The first-order valence-electron chi connectivity index (χ1n) is 7.36. The Balaban J connectivity index is 1.63. The van der Waals surface area contributed by atoms with E-state index >= 15 is 0 Å². The minimum atomic E-state index is -0.110. The molecule has 6 heteroatoms. The Hall–Kier alpha value is -2.14. The molecule has 0 bridgehead atoms. The lowest BCUT2D eigenvalue weighted by Gasteiger charge is -2.11. The van der Waals surface area contributed by atoms with E-state index in [1.54, 1.807) is 12.1 Å². The van der Waals surface area contributed by atoms with Gasteiger partial charge in [0.25, 0.3) is 5.91 Å². The van der Waals surface area contributed by atoms with E-state index in [9.17, 15) is 4.79 Å². The van der Waals surface area contributed by atoms with Gasteiger partial charge in [-0.3, -0.25) is 4.79 Å². The van der Waals surface area contributed by atoms with Crippen LogP contribution in [0.25, 0.3) is 0 Å². The third-order valence-electron chi connectivity index (χ3n) is 3.69. The fraction of sp³-hybridized carbons (Fsp3) is 0.312. The van der Waals surface area contributed by atoms with Crippen molar-refractivity contribution in [2.24, 2.45) is 0 Å². The molecule has 1 heterocycles. The standard InChI is InChI=1S/C16H17ClN4O/c17-12-4-3-7-14(8-12)21-16-18-9-11(10-19-16)15(22)20-13-5-1-2-6-13/h3-4,7-10,13H,1-2,5-6H2,(H,20,22)(H,18,19,21). The number of hydrogen-bond donors (Lipinski definition) is 2. The fourth-order valence-electron chi connectivity index (χ4n) is 2.54. The molecule has 1 aromatic carbocycles. The lowest BCUT2D eigenvalue weighted by Crippen LogP contribution is -2.32. The molecule has 0 atom stereocenters. The average molecular weight is 317 g/mol. The van der Waals surface area contributed by atoms with Gasteiger partial charge in [0.2, 0.25) is 5.95 Å². The molecule has 1 aliphatic carbocycles. The van der Waals surface area contributed by atoms with Gasteiger partial charge in [-0.15, -0.1) is 0 Å². The Kier molecular flexibility index (Phi) is 4.53. The third-order valence-corrected chi connectivity index (χ3v) is 3.92. The first-order chi connectivity index (χ1) is 10.7. The molecule has 2 aromatic rings. The van der Waals surface area contributed by atoms with Gasteiger partial charge in [-0.25, -0.2) is 9.97 Å². The summed E-state index contributed by atoms with van der Waals surface area (Å²) < 4.78 is 0. The summed E-state index contributed by atoms with van der Waals surface area (Å²) in [7, 11) is 0. The van der Waals surface area contributed by atoms with E-state index in [0.29, 0.717) is 16.5 Å². The van der Waals surface area contributed by atoms with E-state index < -0.39 is 0 Å². The molecule has 1 amide bonds. The lowest BCUT2D eigenvalue weighted by molar-refractivity contribution is 0.0937. The molecule has 1 aliphatic rings. The van der Waals surface area contributed by atoms with Crippen molar-refractivity contribution in [3.8, 4) is 0 Å². The maximum atomic E-state index is 12.1. The maximum absolute atomic E-state index is 12.1. The van der Waals surface area contributed by atoms with Crippen LogP contribution in [0.1, 0.15) is 36.0 Å². The van der Waals surface area contributed by atoms with Gasteiger partial charge in [-0.1, -0.05) is 30.5 Å². The number of nitrogens with zero attached hydrogens (tertiary/aromatic N) is 2. The minimum absolute atomic E-state index is 0.110. The third kappa shape index (κ3) is 3.74. The van der Waals surface area contributed by atoms with Gasteiger partial charge in [-0.2, -0.15) is 0 Å². The summed E-state index contributed by atoms with van der Waals surface area (Å²) in [6, 6.07) is 7.58. The molecule has 0 spiro atoms. The number of benzene rings is 1. The summed E-state index contributed by atoms with van der Waals surface area (Å²) in [6.45, 7) is 0. The predicted octanol–water partition coefficient (Wildman–Crippen LogP) is 3.55. The second kappa shape index (κ2) is 6.75. The Morgan fingerprint density at radius 3 is 2.59 bits per heavy atom. The summed E-state index contributed by atoms with van der Waals surface area (Å²) in [6.07, 6.45) is 7.55. The molecule has 114 valence electrons. The highest BCUT2D eigenvalue weighted by molar-refractivity contribution is 6.30. The second-order valence-corrected chi connectivity index (χ2v) is 5.82. The van der Waals surface area contributed by atoms with Crippen molar-refractivity contribution < 1.29 is 4.79 Å². The van der Waals surface area contributed by atoms with Gasteiger partial charge in [0.05, 0.1) is 5.56 Å². The van der Waals surface area contributed by atoms with Crippen molar-refractivity contribution in [3.05, 3.63) is 47.2 Å². The smallest absolute Gasteiger partial charge is 0.254 e. The number of amides is 1. The van der Waals surface area contributed by atoms with Crippen molar-refractivity contribution in [3.63, 3.8) is 0 Å². The molecule has 1 aromatic heterocycles. The monoisotopic (exact) mass is 316 g/mol. The van der Waals surface area contributed by atoms with Gasteiger partial charge in [0, 0.05) is 29.1 Å². The van der Waals surface area contributed by atoms with Crippen LogP contribution in [-0.4, -0.2) is 21.9 Å². The molecule has 1 fully saturated rings. The molecule has 5 nitrogen and oxygen atoms in total. The Morgan fingerprint density at radius 1 is 1.18 bits per heavy atom. The molecular weight excluding hydrogens is 300 g/mol. The largest absolute Gasteiger partial charge is 0.349 e. The van der Waals surface area contributed by atoms with E-state index in [2.05, 4.69) is 20.6 Å². The van der Waals surface area contributed by atoms with Crippen LogP contribution in [0.4, 0.5) is 11.6 Å². The van der Waals surface area contributed by atoms with Crippen LogP contribution in [0.3, 0.4) is 0 Å². The van der Waals surface area contributed by atoms with E-state index in [1.165, 1.54) is 25.2 Å². The normalized spacial score (nSPS) is 14.8. The number of rotatable bonds is 4. The minimum Gasteiger partial charge on any atom is -0.349 e. The second-order valence-electron chi connectivity index (χ2n) is 5.39. The molecule has 0 saturated heterocycles. The maximum Gasteiger partial charge on any atom is 0.254 e. The fourth-order valence-corrected chi connectivity index (χ4v) is 2.73. The Labute approximate surface area is 134 Å². The van der Waals surface area contributed by atoms with Crippen LogP contribution in [0.5, 0.6) is 0 Å². The number of carbonyl (C=O) groups is 1. The van der Waals surface area contributed by atoms with E-state index in [1.807, 2.05) is 12.1 Å². The van der Waals surface area contributed by atoms with Crippen LogP contribution >= 0.6 is 11.6 Å². The first-order valence-corrected chi connectivity index (χ1v) is 7.74. The van der Waals surface area contributed by atoms with Gasteiger partial charge in [0.1, 0.15) is 0 Å². The number of anilines is 2. The van der Waals surface area contributed by atoms with Crippen molar-refractivity contribution in [1.82, 2.24) is 15.3 Å². The zero-order chi connectivity index (χ0) is 15.4. The van der Waals surface area contributed by atoms with Crippen LogP contribution < -0.4 is 10.6 Å². The Morgan fingerprint density at radius 2 is 1.91 bits per heavy atom. The summed E-state index contributed by atoms with van der Waals surface area (Å²) >= 11 is 5.93. The van der Waals surface area contributed by atoms with E-state index in [-0.39, 0.29) is 11.9 Å². The molecule has 3 rings (SSSR count). The number of carbonyl (C=O) groups excluding carboxylic acids is 1. The number of nitrogens with one attached hydrogen (secondary N) is 2. The van der Waals surface area contributed by atoms with Crippen molar-refractivity contribution >= 4 is 29.1 Å². The van der Waals surface area contributed by atoms with Crippen LogP contribution in [0.15, 0.2) is 36.7 Å². The first kappa shape index (κ1) is 14.8. The molecule has 0 aliphatic heterocycles. The summed E-state index contributed by atoms with van der Waals surface area (Å²) in [4.78, 5) is 20.4. The van der Waals surface area contributed by atoms with Crippen LogP contribution in [-0.2, 0) is 0 Å². The zero-order valence-electron chi connectivity index (χ0n) is 12.1. The summed E-state index contributed by atoms with van der Waals surface area (Å²) in [5.41, 5.74) is 1.28. The van der Waals surface area contributed by atoms with E-state index in [0.717, 1.165) is 18.5 Å². The summed E-state index contributed by atoms with van der Waals surface area (Å²) in [5, 5.41) is 6.70. The molecule has 0 radical (unpaired) electrons. The zero-order valence-corrected chi connectivity index (χ0v) is 12.8. The topological polar surface area (TPSA) is 66.9 Å². The van der Waals surface area contributed by atoms with E-state index in [4.69, 9.17) is 11.6 Å². The quantitative estimate of drug-likeness (QED) is 0.905. The van der Waals surface area contributed by atoms with Crippen molar-refractivity contribution in [2.75, 3.05) is 5.32 Å². The summed E-state index contributed by atoms with van der Waals surface area (Å²) in [5.74, 6) is 0.320. The molecule has 1 saturated carbocycles. The van der Waals surface area contributed by atoms with Crippen LogP contribution in [0, 0.1) is 0 Å². The molecule has 2 N–H and O–H groups in total. The lowest BCUT2D eigenvalue weighted by atomic mass is 10.2. The Bertz CT molecular complexity index is 653. The van der Waals surface area contributed by atoms with Gasteiger partial charge in [-0.05, 0) is 31.0 Å². The van der Waals surface area contributed by atoms with Crippen molar-refractivity contribution in [2.45, 2.75) is 31.7 Å². The molecular formula is C16H17ClN4O. The SMILES string of the molecule is O=C(NC1CCCC1)c1cnc(Nc2cccc(Cl)c2)nc1. The van der Waals surface area contributed by atoms with Crippen molar-refractivity contribution in [1.29, 1.82) is 0 Å². The van der Waals surface area contributed by atoms with Gasteiger partial charge >= 0.3 is 0 Å². The number of halogens is 1.